The van der Waals surface area contributed by atoms with E-state index in [-0.39, 0.29) is 0 Å². The molecule has 2 aromatic rings. The Labute approximate surface area is 123 Å². The van der Waals surface area contributed by atoms with Crippen molar-refractivity contribution in [2.45, 2.75) is 6.54 Å². The van der Waals surface area contributed by atoms with Crippen molar-refractivity contribution < 1.29 is 9.59 Å². The number of ketones is 1. The zero-order valence-electron chi connectivity index (χ0n) is 11.8. The average Bonchev–Trinajstić information content (AvgIpc) is 2.74. The zero-order valence-corrected chi connectivity index (χ0v) is 11.8. The fraction of sp³-hybridized carbons (Fsp3) is 0.176. The van der Waals surface area contributed by atoms with Crippen LogP contribution in [0.5, 0.6) is 0 Å². The van der Waals surface area contributed by atoms with Crippen molar-refractivity contribution in [1.29, 1.82) is 0 Å². The molecule has 0 aromatic heterocycles. The maximum atomic E-state index is 12.1. The second-order valence-electron chi connectivity index (χ2n) is 5.22. The van der Waals surface area contributed by atoms with Crippen LogP contribution in [-0.2, 0) is 11.3 Å². The molecule has 1 aliphatic rings. The summed E-state index contributed by atoms with van der Waals surface area (Å²) >= 11 is 0. The maximum absolute atomic E-state index is 12.1. The molecular formula is C17H16N2O2. The first-order valence-electron chi connectivity index (χ1n) is 6.84. The zero-order chi connectivity index (χ0) is 14.8. The second kappa shape index (κ2) is 5.50. The van der Waals surface area contributed by atoms with E-state index in [2.05, 4.69) is 0 Å². The second-order valence-corrected chi connectivity index (χ2v) is 5.22. The van der Waals surface area contributed by atoms with Crippen molar-refractivity contribution in [2.24, 2.45) is 0 Å². The number of benzene rings is 2. The summed E-state index contributed by atoms with van der Waals surface area (Å²) in [5.41, 5.74) is 2.37. The predicted molar refractivity (Wildman–Crippen MR) is 81.0 cm³/mol. The maximum Gasteiger partial charge on any atom is 0.300 e. The molecule has 0 unspecified atom stereocenters. The van der Waals surface area contributed by atoms with Crippen LogP contribution in [0.2, 0.25) is 0 Å². The van der Waals surface area contributed by atoms with Crippen molar-refractivity contribution in [3.8, 4) is 0 Å². The molecule has 2 aromatic carbocycles. The van der Waals surface area contributed by atoms with Gasteiger partial charge in [0.2, 0.25) is 0 Å². The van der Waals surface area contributed by atoms with Crippen molar-refractivity contribution in [1.82, 2.24) is 4.90 Å². The molecule has 0 saturated carbocycles. The van der Waals surface area contributed by atoms with E-state index in [1.165, 1.54) is 5.56 Å². The molecule has 0 atom stereocenters. The number of carbonyl (C=O) groups excluding carboxylic acids is 2. The van der Waals surface area contributed by atoms with Crippen molar-refractivity contribution in [2.75, 3.05) is 18.6 Å². The van der Waals surface area contributed by atoms with Gasteiger partial charge < -0.3 is 0 Å². The van der Waals surface area contributed by atoms with E-state index < -0.39 is 11.7 Å². The van der Waals surface area contributed by atoms with E-state index in [9.17, 15) is 9.59 Å². The first-order chi connectivity index (χ1) is 10.2. The van der Waals surface area contributed by atoms with E-state index in [0.717, 1.165) is 6.54 Å². The van der Waals surface area contributed by atoms with Crippen LogP contribution in [0.15, 0.2) is 54.6 Å². The number of anilines is 1. The van der Waals surface area contributed by atoms with Gasteiger partial charge >= 0.3 is 5.91 Å². The number of nitrogens with zero attached hydrogens (tertiary/aromatic N) is 2. The Kier molecular flexibility index (Phi) is 3.54. The van der Waals surface area contributed by atoms with Crippen LogP contribution in [0, 0.1) is 0 Å². The van der Waals surface area contributed by atoms with Gasteiger partial charge in [-0.15, -0.1) is 0 Å². The summed E-state index contributed by atoms with van der Waals surface area (Å²) in [4.78, 5) is 27.6. The highest BCUT2D eigenvalue weighted by molar-refractivity contribution is 6.52. The Bertz CT molecular complexity index is 682. The molecule has 0 radical (unpaired) electrons. The van der Waals surface area contributed by atoms with Crippen LogP contribution in [0.4, 0.5) is 5.69 Å². The van der Waals surface area contributed by atoms with Gasteiger partial charge in [0, 0.05) is 6.54 Å². The van der Waals surface area contributed by atoms with Crippen LogP contribution in [-0.4, -0.2) is 30.3 Å². The van der Waals surface area contributed by atoms with Crippen LogP contribution in [0.25, 0.3) is 0 Å². The smallest absolute Gasteiger partial charge is 0.291 e. The van der Waals surface area contributed by atoms with Gasteiger partial charge in [0.15, 0.2) is 0 Å². The van der Waals surface area contributed by atoms with E-state index >= 15 is 0 Å². The number of Topliss-reactive ketones (excluding diaryl/α,β-unsaturated/α-hetero) is 1. The highest BCUT2D eigenvalue weighted by atomic mass is 16.2. The largest absolute Gasteiger partial charge is 0.300 e. The number of hydrogen-bond acceptors (Lipinski definition) is 3. The lowest BCUT2D eigenvalue weighted by Crippen LogP contribution is -2.38. The topological polar surface area (TPSA) is 40.6 Å². The van der Waals surface area contributed by atoms with Gasteiger partial charge in [-0.2, -0.15) is 0 Å². The molecule has 4 nitrogen and oxygen atoms in total. The fourth-order valence-electron chi connectivity index (χ4n) is 2.58. The Morgan fingerprint density at radius 3 is 2.38 bits per heavy atom. The minimum Gasteiger partial charge on any atom is -0.291 e. The van der Waals surface area contributed by atoms with Gasteiger partial charge in [0.1, 0.15) is 0 Å². The lowest BCUT2D eigenvalue weighted by molar-refractivity contribution is -0.114. The lowest BCUT2D eigenvalue weighted by atomic mass is 10.1. The Balaban J connectivity index is 1.76. The van der Waals surface area contributed by atoms with Crippen LogP contribution < -0.4 is 4.90 Å². The summed E-state index contributed by atoms with van der Waals surface area (Å²) in [7, 11) is 1.94. The molecule has 0 aliphatic carbocycles. The van der Waals surface area contributed by atoms with Crippen LogP contribution in [0.3, 0.4) is 0 Å². The Morgan fingerprint density at radius 1 is 0.952 bits per heavy atom. The Hall–Kier alpha value is -2.46. The molecule has 0 N–H and O–H groups in total. The van der Waals surface area contributed by atoms with Gasteiger partial charge in [0.05, 0.1) is 17.9 Å². The summed E-state index contributed by atoms with van der Waals surface area (Å²) in [6, 6.07) is 17.2. The summed E-state index contributed by atoms with van der Waals surface area (Å²) < 4.78 is 0. The minimum atomic E-state index is -0.448. The molecule has 106 valence electrons. The number of rotatable bonds is 4. The molecule has 3 rings (SSSR count). The molecule has 21 heavy (non-hydrogen) atoms. The van der Waals surface area contributed by atoms with Crippen molar-refractivity contribution in [3.05, 3.63) is 65.7 Å². The highest BCUT2D eigenvalue weighted by Crippen LogP contribution is 2.28. The summed E-state index contributed by atoms with van der Waals surface area (Å²) in [5, 5.41) is 0. The first kappa shape index (κ1) is 13.5. The molecule has 1 amide bonds. The van der Waals surface area contributed by atoms with Gasteiger partial charge in [-0.05, 0) is 24.7 Å². The summed E-state index contributed by atoms with van der Waals surface area (Å²) in [6.07, 6.45) is 0. The monoisotopic (exact) mass is 280 g/mol. The van der Waals surface area contributed by atoms with E-state index in [0.29, 0.717) is 17.9 Å². The number of para-hydroxylation sites is 1. The molecule has 4 heteroatoms. The molecule has 0 saturated heterocycles. The van der Waals surface area contributed by atoms with Crippen LogP contribution in [0.1, 0.15) is 15.9 Å². The summed E-state index contributed by atoms with van der Waals surface area (Å²) in [5.74, 6) is -0.866. The van der Waals surface area contributed by atoms with Crippen molar-refractivity contribution >= 4 is 17.4 Å². The fourth-order valence-corrected chi connectivity index (χ4v) is 2.58. The molecule has 1 heterocycles. The van der Waals surface area contributed by atoms with Gasteiger partial charge in [-0.3, -0.25) is 19.4 Å². The number of carbonyl (C=O) groups is 2. The minimum absolute atomic E-state index is 0.399. The molecule has 0 fully saturated rings. The first-order valence-corrected chi connectivity index (χ1v) is 6.84. The molecule has 0 spiro atoms. The van der Waals surface area contributed by atoms with Crippen molar-refractivity contribution in [3.63, 3.8) is 0 Å². The van der Waals surface area contributed by atoms with Gasteiger partial charge in [0.25, 0.3) is 5.78 Å². The SMILES string of the molecule is CN(Cc1ccccc1)CN1C(=O)C(=O)c2ccccc21. The molecular weight excluding hydrogens is 264 g/mol. The van der Waals surface area contributed by atoms with E-state index in [1.807, 2.05) is 54.4 Å². The highest BCUT2D eigenvalue weighted by Gasteiger charge is 2.35. The summed E-state index contributed by atoms with van der Waals surface area (Å²) in [6.45, 7) is 1.12. The average molecular weight is 280 g/mol. The number of amides is 1. The van der Waals surface area contributed by atoms with E-state index in [4.69, 9.17) is 0 Å². The third-order valence-corrected chi connectivity index (χ3v) is 3.56. The Morgan fingerprint density at radius 2 is 1.62 bits per heavy atom. The quantitative estimate of drug-likeness (QED) is 0.807. The number of hydrogen-bond donors (Lipinski definition) is 0. The normalized spacial score (nSPS) is 13.9. The lowest BCUT2D eigenvalue weighted by Gasteiger charge is -2.24. The van der Waals surface area contributed by atoms with Crippen LogP contribution >= 0.6 is 0 Å². The van der Waals surface area contributed by atoms with Gasteiger partial charge in [-0.1, -0.05) is 42.5 Å². The molecule has 0 bridgehead atoms. The third kappa shape index (κ3) is 2.58. The van der Waals surface area contributed by atoms with Gasteiger partial charge in [-0.25, -0.2) is 0 Å². The van der Waals surface area contributed by atoms with E-state index in [1.54, 1.807) is 17.0 Å². The molecule has 1 aliphatic heterocycles. The predicted octanol–water partition coefficient (Wildman–Crippen LogP) is 2.31. The standard InChI is InChI=1S/C17H16N2O2/c1-18(11-13-7-3-2-4-8-13)12-19-15-10-6-5-9-14(15)16(20)17(19)21/h2-10H,11-12H2,1H3. The number of fused-ring (bicyclic) bond motifs is 1. The third-order valence-electron chi connectivity index (χ3n) is 3.56.